The van der Waals surface area contributed by atoms with Crippen molar-refractivity contribution in [3.63, 3.8) is 0 Å². The molecular weight excluding hydrogens is 239 g/mol. The largest absolute Gasteiger partial charge is 0.342 e. The molecule has 0 aliphatic carbocycles. The normalized spacial score (nSPS) is 10.0. The Kier molecular flexibility index (Phi) is 3.82. The quantitative estimate of drug-likeness (QED) is 0.822. The number of nitriles is 1. The van der Waals surface area contributed by atoms with E-state index in [2.05, 4.69) is 6.07 Å². The highest BCUT2D eigenvalue weighted by Gasteiger charge is 2.09. The fraction of sp³-hybridized carbons (Fsp3) is 0.188. The molecule has 2 nitrogen and oxygen atoms in total. The summed E-state index contributed by atoms with van der Waals surface area (Å²) in [7, 11) is 0. The van der Waals surface area contributed by atoms with E-state index in [1.807, 2.05) is 36.9 Å². The van der Waals surface area contributed by atoms with Gasteiger partial charge in [-0.1, -0.05) is 6.07 Å². The molecule has 0 aliphatic heterocycles. The predicted molar refractivity (Wildman–Crippen MR) is 75.0 cm³/mol. The summed E-state index contributed by atoms with van der Waals surface area (Å²) < 4.78 is 13.3. The SMILES string of the molecule is CCN(c1cccc(F)c1)c1ccc(C#N)c(C)c1. The van der Waals surface area contributed by atoms with Crippen LogP contribution in [0, 0.1) is 24.1 Å². The second kappa shape index (κ2) is 5.53. The van der Waals surface area contributed by atoms with E-state index >= 15 is 0 Å². The lowest BCUT2D eigenvalue weighted by atomic mass is 10.1. The van der Waals surface area contributed by atoms with E-state index in [9.17, 15) is 4.39 Å². The molecule has 0 heterocycles. The zero-order valence-electron chi connectivity index (χ0n) is 11.0. The number of anilines is 2. The van der Waals surface area contributed by atoms with Crippen LogP contribution < -0.4 is 4.90 Å². The minimum atomic E-state index is -0.249. The van der Waals surface area contributed by atoms with E-state index in [0.717, 1.165) is 23.5 Å². The van der Waals surface area contributed by atoms with Crippen molar-refractivity contribution in [2.75, 3.05) is 11.4 Å². The number of nitrogens with zero attached hydrogens (tertiary/aromatic N) is 2. The van der Waals surface area contributed by atoms with Crippen LogP contribution >= 0.6 is 0 Å². The Labute approximate surface area is 112 Å². The van der Waals surface area contributed by atoms with Crippen LogP contribution in [0.25, 0.3) is 0 Å². The summed E-state index contributed by atoms with van der Waals surface area (Å²) in [6.07, 6.45) is 0. The predicted octanol–water partition coefficient (Wildman–Crippen LogP) is 4.16. The van der Waals surface area contributed by atoms with Crippen molar-refractivity contribution in [1.82, 2.24) is 0 Å². The Morgan fingerprint density at radius 3 is 2.47 bits per heavy atom. The number of hydrogen-bond acceptors (Lipinski definition) is 2. The van der Waals surface area contributed by atoms with Crippen molar-refractivity contribution in [2.45, 2.75) is 13.8 Å². The first kappa shape index (κ1) is 13.1. The molecule has 96 valence electrons. The summed E-state index contributed by atoms with van der Waals surface area (Å²) in [5.41, 5.74) is 3.37. The smallest absolute Gasteiger partial charge is 0.125 e. The van der Waals surface area contributed by atoms with Crippen LogP contribution in [0.1, 0.15) is 18.1 Å². The molecule has 2 rings (SSSR count). The molecule has 0 spiro atoms. The van der Waals surface area contributed by atoms with Crippen LogP contribution in [0.5, 0.6) is 0 Å². The van der Waals surface area contributed by atoms with Crippen molar-refractivity contribution >= 4 is 11.4 Å². The fourth-order valence-corrected chi connectivity index (χ4v) is 2.10. The Hall–Kier alpha value is -2.34. The zero-order chi connectivity index (χ0) is 13.8. The Balaban J connectivity index is 2.43. The van der Waals surface area contributed by atoms with E-state index in [-0.39, 0.29) is 5.82 Å². The molecule has 0 aliphatic rings. The highest BCUT2D eigenvalue weighted by Crippen LogP contribution is 2.27. The standard InChI is InChI=1S/C16H15FN2/c1-3-19(15-6-4-5-14(17)10-15)16-8-7-13(11-18)12(2)9-16/h4-10H,3H2,1-2H3. The average molecular weight is 254 g/mol. The molecule has 3 heteroatoms. The van der Waals surface area contributed by atoms with Crippen molar-refractivity contribution in [1.29, 1.82) is 5.26 Å². The van der Waals surface area contributed by atoms with Crippen molar-refractivity contribution in [2.24, 2.45) is 0 Å². The minimum absolute atomic E-state index is 0.249. The maximum absolute atomic E-state index is 13.3. The summed E-state index contributed by atoms with van der Waals surface area (Å²) in [4.78, 5) is 2.01. The van der Waals surface area contributed by atoms with Gasteiger partial charge < -0.3 is 4.90 Å². The summed E-state index contributed by atoms with van der Waals surface area (Å²) in [5.74, 6) is -0.249. The van der Waals surface area contributed by atoms with Gasteiger partial charge >= 0.3 is 0 Å². The number of rotatable bonds is 3. The molecule has 0 radical (unpaired) electrons. The number of hydrogen-bond donors (Lipinski definition) is 0. The lowest BCUT2D eigenvalue weighted by Crippen LogP contribution is -2.16. The fourth-order valence-electron chi connectivity index (χ4n) is 2.10. The van der Waals surface area contributed by atoms with E-state index in [1.165, 1.54) is 12.1 Å². The number of aryl methyl sites for hydroxylation is 1. The topological polar surface area (TPSA) is 27.0 Å². The molecule has 0 N–H and O–H groups in total. The highest BCUT2D eigenvalue weighted by molar-refractivity contribution is 5.65. The zero-order valence-corrected chi connectivity index (χ0v) is 11.0. The van der Waals surface area contributed by atoms with Crippen LogP contribution in [0.4, 0.5) is 15.8 Å². The molecule has 0 bridgehead atoms. The summed E-state index contributed by atoms with van der Waals surface area (Å²) in [6, 6.07) is 14.3. The van der Waals surface area contributed by atoms with Gasteiger partial charge in [-0.15, -0.1) is 0 Å². The minimum Gasteiger partial charge on any atom is -0.342 e. The van der Waals surface area contributed by atoms with E-state index in [1.54, 1.807) is 12.1 Å². The van der Waals surface area contributed by atoms with Crippen molar-refractivity contribution in [3.8, 4) is 6.07 Å². The van der Waals surface area contributed by atoms with Gasteiger partial charge in [0.2, 0.25) is 0 Å². The molecule has 0 unspecified atom stereocenters. The van der Waals surface area contributed by atoms with Gasteiger partial charge in [-0.05, 0) is 55.8 Å². The van der Waals surface area contributed by atoms with Crippen molar-refractivity contribution < 1.29 is 4.39 Å². The van der Waals surface area contributed by atoms with Gasteiger partial charge in [0.25, 0.3) is 0 Å². The van der Waals surface area contributed by atoms with Gasteiger partial charge in [0, 0.05) is 17.9 Å². The second-order valence-corrected chi connectivity index (χ2v) is 4.34. The van der Waals surface area contributed by atoms with Gasteiger partial charge in [0.05, 0.1) is 11.6 Å². The van der Waals surface area contributed by atoms with Gasteiger partial charge in [0.15, 0.2) is 0 Å². The van der Waals surface area contributed by atoms with Crippen LogP contribution in [-0.4, -0.2) is 6.54 Å². The maximum atomic E-state index is 13.3. The van der Waals surface area contributed by atoms with Crippen LogP contribution in [0.3, 0.4) is 0 Å². The lowest BCUT2D eigenvalue weighted by Gasteiger charge is -2.24. The number of benzene rings is 2. The van der Waals surface area contributed by atoms with Gasteiger partial charge in [-0.2, -0.15) is 5.26 Å². The maximum Gasteiger partial charge on any atom is 0.125 e. The third-order valence-corrected chi connectivity index (χ3v) is 3.08. The molecule has 0 fully saturated rings. The molecule has 19 heavy (non-hydrogen) atoms. The summed E-state index contributed by atoms with van der Waals surface area (Å²) >= 11 is 0. The molecule has 2 aromatic carbocycles. The Morgan fingerprint density at radius 1 is 1.16 bits per heavy atom. The molecule has 2 aromatic rings. The first-order valence-corrected chi connectivity index (χ1v) is 6.19. The first-order chi connectivity index (χ1) is 9.15. The number of halogens is 1. The second-order valence-electron chi connectivity index (χ2n) is 4.34. The van der Waals surface area contributed by atoms with Crippen molar-refractivity contribution in [3.05, 3.63) is 59.4 Å². The highest BCUT2D eigenvalue weighted by atomic mass is 19.1. The lowest BCUT2D eigenvalue weighted by molar-refractivity contribution is 0.627. The third kappa shape index (κ3) is 2.74. The van der Waals surface area contributed by atoms with Crippen LogP contribution in [0.2, 0.25) is 0 Å². The molecular formula is C16H15FN2. The van der Waals surface area contributed by atoms with Crippen LogP contribution in [0.15, 0.2) is 42.5 Å². The van der Waals surface area contributed by atoms with E-state index in [4.69, 9.17) is 5.26 Å². The third-order valence-electron chi connectivity index (χ3n) is 3.08. The summed E-state index contributed by atoms with van der Waals surface area (Å²) in [6.45, 7) is 4.65. The monoisotopic (exact) mass is 254 g/mol. The van der Waals surface area contributed by atoms with Gasteiger partial charge in [0.1, 0.15) is 5.82 Å². The molecule has 0 amide bonds. The van der Waals surface area contributed by atoms with Gasteiger partial charge in [-0.3, -0.25) is 0 Å². The van der Waals surface area contributed by atoms with Gasteiger partial charge in [-0.25, -0.2) is 4.39 Å². The first-order valence-electron chi connectivity index (χ1n) is 6.19. The molecule has 0 saturated carbocycles. The van der Waals surface area contributed by atoms with E-state index in [0.29, 0.717) is 5.56 Å². The van der Waals surface area contributed by atoms with E-state index < -0.39 is 0 Å². The Morgan fingerprint density at radius 2 is 1.89 bits per heavy atom. The summed E-state index contributed by atoms with van der Waals surface area (Å²) in [5, 5.41) is 8.95. The van der Waals surface area contributed by atoms with Crippen LogP contribution in [-0.2, 0) is 0 Å². The molecule has 0 atom stereocenters. The Bertz CT molecular complexity index is 629. The molecule has 0 saturated heterocycles. The molecule has 0 aromatic heterocycles. The average Bonchev–Trinajstić information content (AvgIpc) is 2.40.